The number of sulfonamides is 1. The van der Waals surface area contributed by atoms with Crippen molar-refractivity contribution in [2.24, 2.45) is 11.8 Å². The molecule has 0 bridgehead atoms. The minimum Gasteiger partial charge on any atom is -0.480 e. The highest BCUT2D eigenvalue weighted by atomic mass is 79.9. The third-order valence-corrected chi connectivity index (χ3v) is 6.17. The highest BCUT2D eigenvalue weighted by molar-refractivity contribution is 9.10. The molecule has 2 aliphatic rings. The van der Waals surface area contributed by atoms with Crippen LogP contribution in [0, 0.1) is 11.8 Å². The lowest BCUT2D eigenvalue weighted by Gasteiger charge is -2.23. The summed E-state index contributed by atoms with van der Waals surface area (Å²) in [6.07, 6.45) is 0.823. The van der Waals surface area contributed by atoms with Crippen LogP contribution in [0.1, 0.15) is 6.42 Å². The van der Waals surface area contributed by atoms with Gasteiger partial charge in [0.2, 0.25) is 10.0 Å². The summed E-state index contributed by atoms with van der Waals surface area (Å²) in [5.41, 5.74) is 0. The maximum absolute atomic E-state index is 12.5. The zero-order valence-corrected chi connectivity index (χ0v) is 12.3. The summed E-state index contributed by atoms with van der Waals surface area (Å²) in [7, 11) is -3.72. The van der Waals surface area contributed by atoms with Gasteiger partial charge in [-0.3, -0.25) is 4.79 Å². The molecule has 102 valence electrons. The number of nitrogens with zero attached hydrogens (tertiary/aromatic N) is 1. The van der Waals surface area contributed by atoms with Crippen LogP contribution in [0.5, 0.6) is 0 Å². The van der Waals surface area contributed by atoms with E-state index in [0.29, 0.717) is 6.54 Å². The second-order valence-electron chi connectivity index (χ2n) is 4.97. The average Bonchev–Trinajstić information content (AvgIpc) is 2.99. The van der Waals surface area contributed by atoms with Gasteiger partial charge < -0.3 is 5.11 Å². The third kappa shape index (κ3) is 2.09. The fourth-order valence-electron chi connectivity index (χ4n) is 2.72. The maximum atomic E-state index is 12.5. The molecule has 3 atom stereocenters. The van der Waals surface area contributed by atoms with E-state index in [2.05, 4.69) is 15.9 Å². The maximum Gasteiger partial charge on any atom is 0.322 e. The highest BCUT2D eigenvalue weighted by Crippen LogP contribution is 2.51. The van der Waals surface area contributed by atoms with Crippen molar-refractivity contribution in [1.29, 1.82) is 0 Å². The molecule has 19 heavy (non-hydrogen) atoms. The van der Waals surface area contributed by atoms with Crippen LogP contribution >= 0.6 is 15.9 Å². The van der Waals surface area contributed by atoms with Crippen LogP contribution in [0.2, 0.25) is 0 Å². The molecule has 1 saturated carbocycles. The summed E-state index contributed by atoms with van der Waals surface area (Å²) in [5, 5.41) is 9.22. The highest BCUT2D eigenvalue weighted by Gasteiger charge is 2.59. The zero-order chi connectivity index (χ0) is 13.8. The van der Waals surface area contributed by atoms with Gasteiger partial charge in [-0.05, 0) is 42.5 Å². The summed E-state index contributed by atoms with van der Waals surface area (Å²) in [5.74, 6) is -0.847. The summed E-state index contributed by atoms with van der Waals surface area (Å²) in [4.78, 5) is 11.4. The number of fused-ring (bicyclic) bond motifs is 1. The van der Waals surface area contributed by atoms with Gasteiger partial charge in [-0.1, -0.05) is 15.9 Å². The van der Waals surface area contributed by atoms with E-state index < -0.39 is 22.0 Å². The number of carbonyl (C=O) groups is 1. The van der Waals surface area contributed by atoms with Crippen LogP contribution in [0.15, 0.2) is 33.6 Å². The Bertz CT molecular complexity index is 628. The van der Waals surface area contributed by atoms with Gasteiger partial charge in [0, 0.05) is 11.0 Å². The Morgan fingerprint density at radius 1 is 1.32 bits per heavy atom. The minimum atomic E-state index is -3.72. The van der Waals surface area contributed by atoms with Crippen LogP contribution in [-0.4, -0.2) is 36.4 Å². The lowest BCUT2D eigenvalue weighted by Crippen LogP contribution is -2.43. The zero-order valence-electron chi connectivity index (χ0n) is 9.86. The van der Waals surface area contributed by atoms with Crippen molar-refractivity contribution < 1.29 is 18.3 Å². The van der Waals surface area contributed by atoms with Crippen LogP contribution in [0.3, 0.4) is 0 Å². The number of carboxylic acid groups (broad SMARTS) is 1. The molecule has 7 heteroatoms. The normalized spacial score (nSPS) is 30.1. The number of rotatable bonds is 3. The predicted molar refractivity (Wildman–Crippen MR) is 71.1 cm³/mol. The molecule has 5 nitrogen and oxygen atoms in total. The van der Waals surface area contributed by atoms with Crippen molar-refractivity contribution in [2.75, 3.05) is 6.54 Å². The van der Waals surface area contributed by atoms with Gasteiger partial charge in [-0.2, -0.15) is 4.31 Å². The fraction of sp³-hybridized carbons (Fsp3) is 0.417. The van der Waals surface area contributed by atoms with Crippen molar-refractivity contribution in [3.05, 3.63) is 28.7 Å². The van der Waals surface area contributed by atoms with Crippen LogP contribution < -0.4 is 0 Å². The molecule has 1 aliphatic carbocycles. The second-order valence-corrected chi connectivity index (χ2v) is 7.78. The van der Waals surface area contributed by atoms with Crippen molar-refractivity contribution >= 4 is 31.9 Å². The first-order valence-corrected chi connectivity index (χ1v) is 8.15. The van der Waals surface area contributed by atoms with Gasteiger partial charge in [0.1, 0.15) is 6.04 Å². The Hall–Kier alpha value is -0.920. The van der Waals surface area contributed by atoms with E-state index >= 15 is 0 Å². The van der Waals surface area contributed by atoms with Crippen molar-refractivity contribution in [2.45, 2.75) is 17.4 Å². The Morgan fingerprint density at radius 3 is 2.53 bits per heavy atom. The van der Waals surface area contributed by atoms with Gasteiger partial charge >= 0.3 is 5.97 Å². The van der Waals surface area contributed by atoms with E-state index in [1.807, 2.05) is 0 Å². The van der Waals surface area contributed by atoms with Crippen molar-refractivity contribution in [3.63, 3.8) is 0 Å². The molecule has 2 fully saturated rings. The summed E-state index contributed by atoms with van der Waals surface area (Å²) in [6, 6.07) is 5.35. The first-order chi connectivity index (χ1) is 8.91. The molecule has 1 aromatic carbocycles. The molecule has 1 aliphatic heterocycles. The summed E-state index contributed by atoms with van der Waals surface area (Å²) < 4.78 is 26.9. The number of hydrogen-bond donors (Lipinski definition) is 1. The van der Waals surface area contributed by atoms with Crippen LogP contribution in [-0.2, 0) is 14.8 Å². The largest absolute Gasteiger partial charge is 0.480 e. The Labute approximate surface area is 119 Å². The monoisotopic (exact) mass is 345 g/mol. The summed E-state index contributed by atoms with van der Waals surface area (Å²) in [6.45, 7) is 0.319. The van der Waals surface area contributed by atoms with E-state index in [4.69, 9.17) is 0 Å². The lowest BCUT2D eigenvalue weighted by molar-refractivity contribution is -0.141. The molecular formula is C12H12BrNO4S. The van der Waals surface area contributed by atoms with Gasteiger partial charge in [0.05, 0.1) is 4.90 Å². The standard InChI is InChI=1S/C12H12BrNO4S/c13-8-1-3-9(4-2-8)19(17,18)14-6-7-5-10(7)11(14)12(15)16/h1-4,7,10-11H,5-6H2,(H,15,16)/t7-,10+,11-/m1/s1. The second kappa shape index (κ2) is 4.29. The number of halogens is 1. The molecule has 0 unspecified atom stereocenters. The van der Waals surface area contributed by atoms with Gasteiger partial charge in [0.15, 0.2) is 0 Å². The molecule has 0 radical (unpaired) electrons. The van der Waals surface area contributed by atoms with E-state index in [0.717, 1.165) is 15.2 Å². The number of hydrogen-bond acceptors (Lipinski definition) is 3. The number of piperidine rings is 1. The molecular weight excluding hydrogens is 334 g/mol. The van der Waals surface area contributed by atoms with Gasteiger partial charge in [-0.25, -0.2) is 8.42 Å². The van der Waals surface area contributed by atoms with Crippen LogP contribution in [0.25, 0.3) is 0 Å². The molecule has 1 N–H and O–H groups in total. The lowest BCUT2D eigenvalue weighted by atomic mass is 10.2. The molecule has 3 rings (SSSR count). The third-order valence-electron chi connectivity index (χ3n) is 3.78. The topological polar surface area (TPSA) is 74.7 Å². The number of benzene rings is 1. The van der Waals surface area contributed by atoms with E-state index in [1.165, 1.54) is 12.1 Å². The average molecular weight is 346 g/mol. The number of carboxylic acids is 1. The quantitative estimate of drug-likeness (QED) is 0.901. The minimum absolute atomic E-state index is 0.0114. The molecule has 1 saturated heterocycles. The first kappa shape index (κ1) is 13.1. The smallest absolute Gasteiger partial charge is 0.322 e. The molecule has 1 aromatic rings. The molecule has 0 spiro atoms. The molecule has 0 amide bonds. The van der Waals surface area contributed by atoms with Crippen LogP contribution in [0.4, 0.5) is 0 Å². The van der Waals surface area contributed by atoms with E-state index in [-0.39, 0.29) is 16.7 Å². The molecule has 0 aromatic heterocycles. The van der Waals surface area contributed by atoms with Crippen molar-refractivity contribution in [3.8, 4) is 0 Å². The molecule has 1 heterocycles. The Balaban J connectivity index is 1.96. The van der Waals surface area contributed by atoms with E-state index in [9.17, 15) is 18.3 Å². The first-order valence-electron chi connectivity index (χ1n) is 5.91. The van der Waals surface area contributed by atoms with Crippen molar-refractivity contribution in [1.82, 2.24) is 4.31 Å². The van der Waals surface area contributed by atoms with E-state index in [1.54, 1.807) is 12.1 Å². The predicted octanol–water partition coefficient (Wildman–Crippen LogP) is 1.54. The van der Waals surface area contributed by atoms with Gasteiger partial charge in [0.25, 0.3) is 0 Å². The summed E-state index contributed by atoms with van der Waals surface area (Å²) >= 11 is 3.24. The SMILES string of the molecule is O=C(O)[C@H]1[C@H]2C[C@@H]2CN1S(=O)(=O)c1ccc(Br)cc1. The Morgan fingerprint density at radius 2 is 1.95 bits per heavy atom. The van der Waals surface area contributed by atoms with Gasteiger partial charge in [-0.15, -0.1) is 0 Å². The Kier molecular flexibility index (Phi) is 2.95. The fourth-order valence-corrected chi connectivity index (χ4v) is 4.67. The number of aliphatic carboxylic acids is 1.